The van der Waals surface area contributed by atoms with E-state index in [1.807, 2.05) is 19.9 Å². The second-order valence-corrected chi connectivity index (χ2v) is 4.32. The Morgan fingerprint density at radius 1 is 1.39 bits per heavy atom. The van der Waals surface area contributed by atoms with Crippen LogP contribution < -0.4 is 4.74 Å². The van der Waals surface area contributed by atoms with Crippen LogP contribution in [0.2, 0.25) is 0 Å². The molecule has 0 aliphatic heterocycles. The van der Waals surface area contributed by atoms with Crippen LogP contribution in [-0.4, -0.2) is 24.5 Å². The minimum absolute atomic E-state index is 0.382. The van der Waals surface area contributed by atoms with Crippen molar-refractivity contribution in [1.82, 2.24) is 4.98 Å². The second-order valence-electron chi connectivity index (χ2n) is 3.15. The van der Waals surface area contributed by atoms with E-state index in [2.05, 4.69) is 33.3 Å². The van der Waals surface area contributed by atoms with Crippen molar-refractivity contribution in [3.05, 3.63) is 40.1 Å². The number of ether oxygens (including phenoxy) is 3. The fraction of sp³-hybridized carbons (Fsp3) is 0.385. The lowest BCUT2D eigenvalue weighted by atomic mass is 10.5. The van der Waals surface area contributed by atoms with Crippen LogP contribution in [0.5, 0.6) is 5.75 Å². The van der Waals surface area contributed by atoms with Gasteiger partial charge in [0, 0.05) is 25.5 Å². The number of hydrogen-bond acceptors (Lipinski definition) is 4. The van der Waals surface area contributed by atoms with Gasteiger partial charge in [0.15, 0.2) is 12.0 Å². The predicted octanol–water partition coefficient (Wildman–Crippen LogP) is 3.13. The molecule has 98 valence electrons. The minimum atomic E-state index is -0.382. The van der Waals surface area contributed by atoms with Crippen molar-refractivity contribution in [2.45, 2.75) is 20.1 Å². The van der Waals surface area contributed by atoms with Crippen LogP contribution in [0.25, 0.3) is 0 Å². The van der Waals surface area contributed by atoms with Gasteiger partial charge in [-0.05, 0) is 42.5 Å². The van der Waals surface area contributed by atoms with E-state index in [1.54, 1.807) is 18.5 Å². The summed E-state index contributed by atoms with van der Waals surface area (Å²) < 4.78 is 17.0. The van der Waals surface area contributed by atoms with Crippen molar-refractivity contribution >= 4 is 22.6 Å². The summed E-state index contributed by atoms with van der Waals surface area (Å²) in [6.07, 6.45) is 6.13. The summed E-state index contributed by atoms with van der Waals surface area (Å²) in [6, 6.07) is 1.87. The van der Waals surface area contributed by atoms with Crippen LogP contribution in [-0.2, 0) is 9.47 Å². The van der Waals surface area contributed by atoms with E-state index < -0.39 is 0 Å². The van der Waals surface area contributed by atoms with E-state index in [-0.39, 0.29) is 6.29 Å². The number of hydrogen-bond donors (Lipinski definition) is 0. The lowest BCUT2D eigenvalue weighted by Gasteiger charge is -2.10. The molecule has 0 atom stereocenters. The van der Waals surface area contributed by atoms with Crippen molar-refractivity contribution in [1.29, 1.82) is 0 Å². The first-order chi connectivity index (χ1) is 8.77. The van der Waals surface area contributed by atoms with E-state index in [0.717, 1.165) is 3.57 Å². The Morgan fingerprint density at radius 2 is 2.11 bits per heavy atom. The number of aromatic nitrogens is 1. The maximum absolute atomic E-state index is 5.39. The highest BCUT2D eigenvalue weighted by atomic mass is 127. The third-order valence-electron chi connectivity index (χ3n) is 1.88. The highest BCUT2D eigenvalue weighted by Gasteiger charge is 2.01. The molecule has 0 aliphatic carbocycles. The molecule has 1 aromatic rings. The van der Waals surface area contributed by atoms with Gasteiger partial charge < -0.3 is 14.2 Å². The molecule has 0 bridgehead atoms. The minimum Gasteiger partial charge on any atom is -0.454 e. The lowest BCUT2D eigenvalue weighted by Crippen LogP contribution is -2.13. The molecule has 18 heavy (non-hydrogen) atoms. The van der Waals surface area contributed by atoms with Crippen LogP contribution in [0, 0.1) is 3.57 Å². The van der Waals surface area contributed by atoms with E-state index in [1.165, 1.54) is 6.26 Å². The second kappa shape index (κ2) is 9.10. The number of rotatable bonds is 7. The zero-order valence-corrected chi connectivity index (χ0v) is 12.6. The molecule has 0 N–H and O–H groups in total. The third-order valence-corrected chi connectivity index (χ3v) is 2.77. The quantitative estimate of drug-likeness (QED) is 0.324. The largest absolute Gasteiger partial charge is 0.454 e. The highest BCUT2D eigenvalue weighted by Crippen LogP contribution is 2.18. The number of nitrogens with zero attached hydrogens (tertiary/aromatic N) is 1. The van der Waals surface area contributed by atoms with Gasteiger partial charge in [-0.3, -0.25) is 4.98 Å². The Balaban J connectivity index is 2.55. The first-order valence-corrected chi connectivity index (χ1v) is 6.76. The van der Waals surface area contributed by atoms with Gasteiger partial charge >= 0.3 is 0 Å². The van der Waals surface area contributed by atoms with E-state index in [4.69, 9.17) is 14.2 Å². The maximum atomic E-state index is 5.39. The number of pyridine rings is 1. The summed E-state index contributed by atoms with van der Waals surface area (Å²) >= 11 is 2.18. The molecule has 0 spiro atoms. The molecule has 1 aromatic heterocycles. The van der Waals surface area contributed by atoms with E-state index >= 15 is 0 Å². The zero-order chi connectivity index (χ0) is 13.2. The average molecular weight is 361 g/mol. The fourth-order valence-corrected chi connectivity index (χ4v) is 1.57. The summed E-state index contributed by atoms with van der Waals surface area (Å²) in [5, 5.41) is 0. The van der Waals surface area contributed by atoms with Gasteiger partial charge in [-0.1, -0.05) is 5.73 Å². The summed E-state index contributed by atoms with van der Waals surface area (Å²) in [5.41, 5.74) is 2.88. The monoisotopic (exact) mass is 361 g/mol. The summed E-state index contributed by atoms with van der Waals surface area (Å²) in [4.78, 5) is 3.98. The molecule has 0 aliphatic rings. The first kappa shape index (κ1) is 15.2. The van der Waals surface area contributed by atoms with Gasteiger partial charge in [0.25, 0.3) is 0 Å². The Kier molecular flexibility index (Phi) is 7.68. The van der Waals surface area contributed by atoms with Crippen molar-refractivity contribution in [2.75, 3.05) is 13.2 Å². The summed E-state index contributed by atoms with van der Waals surface area (Å²) in [5.74, 6) is 0.698. The maximum Gasteiger partial charge on any atom is 0.184 e. The van der Waals surface area contributed by atoms with Gasteiger partial charge in [0.2, 0.25) is 0 Å². The molecule has 0 saturated heterocycles. The Bertz CT molecular complexity index is 410. The normalized spacial score (nSPS) is 10.0. The predicted molar refractivity (Wildman–Crippen MR) is 77.3 cm³/mol. The van der Waals surface area contributed by atoms with Crippen LogP contribution >= 0.6 is 22.6 Å². The fourth-order valence-electron chi connectivity index (χ4n) is 1.14. The lowest BCUT2D eigenvalue weighted by molar-refractivity contribution is -0.103. The molecule has 0 fully saturated rings. The zero-order valence-electron chi connectivity index (χ0n) is 10.4. The van der Waals surface area contributed by atoms with Crippen LogP contribution in [0.4, 0.5) is 0 Å². The molecule has 4 nitrogen and oxygen atoms in total. The van der Waals surface area contributed by atoms with Crippen molar-refractivity contribution in [3.63, 3.8) is 0 Å². The van der Waals surface area contributed by atoms with Gasteiger partial charge in [-0.2, -0.15) is 0 Å². The number of halogens is 1. The topological polar surface area (TPSA) is 40.6 Å². The molecule has 0 aromatic carbocycles. The standard InChI is InChI=1S/C13H16INO3/c1-3-16-13(17-4-2)6-5-9-18-12-10-15-8-7-11(12)14/h6-10,13H,3-4H2,1-2H3. The third kappa shape index (κ3) is 5.64. The molecule has 0 unspecified atom stereocenters. The van der Waals surface area contributed by atoms with Crippen molar-refractivity contribution < 1.29 is 14.2 Å². The average Bonchev–Trinajstić information content (AvgIpc) is 2.37. The molecular formula is C13H16INO3. The smallest absolute Gasteiger partial charge is 0.184 e. The van der Waals surface area contributed by atoms with Crippen molar-refractivity contribution in [2.24, 2.45) is 0 Å². The molecule has 5 heteroatoms. The van der Waals surface area contributed by atoms with Crippen LogP contribution in [0.3, 0.4) is 0 Å². The van der Waals surface area contributed by atoms with Crippen LogP contribution in [0.15, 0.2) is 36.5 Å². The van der Waals surface area contributed by atoms with Gasteiger partial charge in [0.05, 0.1) is 9.77 Å². The molecule has 1 rings (SSSR count). The Morgan fingerprint density at radius 3 is 2.72 bits per heavy atom. The Labute approximate surface area is 121 Å². The van der Waals surface area contributed by atoms with Crippen LogP contribution in [0.1, 0.15) is 13.8 Å². The first-order valence-electron chi connectivity index (χ1n) is 5.68. The van der Waals surface area contributed by atoms with E-state index in [9.17, 15) is 0 Å². The van der Waals surface area contributed by atoms with E-state index in [0.29, 0.717) is 19.0 Å². The SMILES string of the molecule is CCOC(C=C=COc1cnccc1I)OCC. The summed E-state index contributed by atoms with van der Waals surface area (Å²) in [7, 11) is 0. The summed E-state index contributed by atoms with van der Waals surface area (Å²) in [6.45, 7) is 5.00. The van der Waals surface area contributed by atoms with Gasteiger partial charge in [0.1, 0.15) is 6.26 Å². The molecule has 0 amide bonds. The van der Waals surface area contributed by atoms with Crippen molar-refractivity contribution in [3.8, 4) is 5.75 Å². The molecular weight excluding hydrogens is 345 g/mol. The molecule has 0 radical (unpaired) electrons. The van der Waals surface area contributed by atoms with Gasteiger partial charge in [-0.15, -0.1) is 0 Å². The van der Waals surface area contributed by atoms with Gasteiger partial charge in [-0.25, -0.2) is 0 Å². The molecule has 0 saturated carbocycles. The molecule has 1 heterocycles. The highest BCUT2D eigenvalue weighted by molar-refractivity contribution is 14.1. The Hall–Kier alpha value is -0.880.